The number of hydrogen-bond donors (Lipinski definition) is 2. The third-order valence-corrected chi connectivity index (χ3v) is 16.3. The number of carbonyl (C=O) groups is 2. The Kier molecular flexibility index (Phi) is 14.6. The van der Waals surface area contributed by atoms with Crippen LogP contribution in [0.1, 0.15) is 45.2 Å². The van der Waals surface area contributed by atoms with Crippen LogP contribution in [0.4, 0.5) is 37.7 Å². The lowest BCUT2D eigenvalue weighted by molar-refractivity contribution is -0.139. The Balaban J connectivity index is 0.000000190. The van der Waals surface area contributed by atoms with Crippen molar-refractivity contribution < 1.29 is 81.3 Å². The lowest BCUT2D eigenvalue weighted by Gasteiger charge is -2.24. The van der Waals surface area contributed by atoms with Crippen LogP contribution in [0.15, 0.2) is 164 Å². The summed E-state index contributed by atoms with van der Waals surface area (Å²) in [6.07, 6.45) is -8.76. The fourth-order valence-electron chi connectivity index (χ4n) is 8.60. The molecule has 0 unspecified atom stereocenters. The van der Waals surface area contributed by atoms with Crippen LogP contribution in [0, 0.1) is 13.8 Å². The maximum atomic E-state index is 13.4. The van der Waals surface area contributed by atoms with Crippen LogP contribution in [0.25, 0.3) is 22.9 Å². The summed E-state index contributed by atoms with van der Waals surface area (Å²) in [5.74, 6) is -0.733. The SMILES string of the molecule is Cc1oc(-c2ccc(C(F)(F)F)cc2)nc1COc1ccc(S(=O)(=O)N2c3ccccc3C[C@H]2C(=O)O)cc1.Cc1oc(-c2ccc(C(F)(F)F)cc2)nc1COc1ccc(S(=O)(=O)N2c3ccccc3C[C@H]2C(=O)O)cc1. The minimum Gasteiger partial charge on any atom is -0.487 e. The zero-order valence-electron chi connectivity index (χ0n) is 40.7. The van der Waals surface area contributed by atoms with Crippen molar-refractivity contribution in [1.82, 2.24) is 9.97 Å². The van der Waals surface area contributed by atoms with Gasteiger partial charge in [-0.15, -0.1) is 0 Å². The second kappa shape index (κ2) is 21.1. The van der Waals surface area contributed by atoms with E-state index in [1.54, 1.807) is 62.4 Å². The minimum atomic E-state index is -4.45. The highest BCUT2D eigenvalue weighted by Crippen LogP contribution is 2.40. The Morgan fingerprint density at radius 3 is 1.19 bits per heavy atom. The van der Waals surface area contributed by atoms with Gasteiger partial charge in [-0.05, 0) is 134 Å². The Hall–Kier alpha value is -8.64. The molecule has 2 aliphatic rings. The molecule has 2 atom stereocenters. The van der Waals surface area contributed by atoms with Crippen LogP contribution < -0.4 is 18.1 Å². The average Bonchev–Trinajstić information content (AvgIpc) is 4.33. The molecule has 0 radical (unpaired) electrons. The molecule has 0 saturated heterocycles. The zero-order valence-corrected chi connectivity index (χ0v) is 42.3. The van der Waals surface area contributed by atoms with Gasteiger partial charge in [0.25, 0.3) is 20.0 Å². The normalized spacial score (nSPS) is 15.3. The minimum absolute atomic E-state index is 0.0390. The quantitative estimate of drug-likeness (QED) is 0.0968. The van der Waals surface area contributed by atoms with Crippen LogP contribution >= 0.6 is 0 Å². The predicted molar refractivity (Wildman–Crippen MR) is 267 cm³/mol. The highest BCUT2D eigenvalue weighted by atomic mass is 32.2. The van der Waals surface area contributed by atoms with E-state index in [4.69, 9.17) is 18.3 Å². The number of halogens is 6. The van der Waals surface area contributed by atoms with E-state index >= 15 is 0 Å². The average molecular weight is 1120 g/mol. The first-order chi connectivity index (χ1) is 36.9. The number of alkyl halides is 6. The Morgan fingerprint density at radius 2 is 0.872 bits per heavy atom. The van der Waals surface area contributed by atoms with Crippen molar-refractivity contribution in [2.24, 2.45) is 0 Å². The Bertz CT molecular complexity index is 3510. The van der Waals surface area contributed by atoms with E-state index in [1.807, 2.05) is 0 Å². The number of aryl methyl sites for hydroxylation is 2. The third-order valence-electron chi connectivity index (χ3n) is 12.6. The number of benzene rings is 6. The van der Waals surface area contributed by atoms with E-state index in [0.717, 1.165) is 32.9 Å². The molecule has 4 heterocycles. The smallest absolute Gasteiger partial charge is 0.416 e. The molecule has 10 rings (SSSR count). The molecular weight excluding hydrogens is 1070 g/mol. The van der Waals surface area contributed by atoms with Gasteiger partial charge in [0.2, 0.25) is 11.8 Å². The van der Waals surface area contributed by atoms with Gasteiger partial charge in [0.05, 0.1) is 32.3 Å². The van der Waals surface area contributed by atoms with Gasteiger partial charge in [0.1, 0.15) is 59.7 Å². The van der Waals surface area contributed by atoms with Gasteiger partial charge in [-0.3, -0.25) is 8.61 Å². The molecule has 2 aromatic heterocycles. The van der Waals surface area contributed by atoms with Crippen molar-refractivity contribution in [2.75, 3.05) is 8.61 Å². The third kappa shape index (κ3) is 11.1. The molecule has 0 fully saturated rings. The molecule has 24 heteroatoms. The predicted octanol–water partition coefficient (Wildman–Crippen LogP) is 10.9. The fraction of sp³-hybridized carbons (Fsp3) is 0.185. The second-order valence-electron chi connectivity index (χ2n) is 17.7. The van der Waals surface area contributed by atoms with Gasteiger partial charge >= 0.3 is 24.3 Å². The molecule has 6 aromatic carbocycles. The molecule has 8 aromatic rings. The molecule has 0 spiro atoms. The van der Waals surface area contributed by atoms with Gasteiger partial charge in [0, 0.05) is 24.0 Å². The molecule has 2 aliphatic heterocycles. The number of rotatable bonds is 14. The summed E-state index contributed by atoms with van der Waals surface area (Å²) in [7, 11) is -8.35. The molecule has 78 heavy (non-hydrogen) atoms. The van der Waals surface area contributed by atoms with Crippen molar-refractivity contribution >= 4 is 43.4 Å². The fourth-order valence-corrected chi connectivity index (χ4v) is 11.9. The first-order valence-corrected chi connectivity index (χ1v) is 26.2. The number of anilines is 2. The van der Waals surface area contributed by atoms with Crippen molar-refractivity contribution in [3.8, 4) is 34.4 Å². The lowest BCUT2D eigenvalue weighted by atomic mass is 10.1. The van der Waals surface area contributed by atoms with E-state index in [1.165, 1.54) is 72.8 Å². The van der Waals surface area contributed by atoms with Crippen LogP contribution in [0.2, 0.25) is 0 Å². The van der Waals surface area contributed by atoms with Crippen molar-refractivity contribution in [3.63, 3.8) is 0 Å². The standard InChI is InChI=1S/2C27H21F3N2O6S/c2*1-16-22(31-25(38-16)17-6-8-19(9-7-17)27(28,29)30)15-37-20-10-12-21(13-11-20)39(35,36)32-23-5-3-2-4-18(23)14-24(32)26(33)34/h2*2-13,24H,14-15H2,1H3,(H,33,34)/t2*24-/m00/s1. The summed E-state index contributed by atoms with van der Waals surface area (Å²) in [6.45, 7) is 3.20. The van der Waals surface area contributed by atoms with Crippen molar-refractivity contribution in [2.45, 2.75) is 74.1 Å². The number of nitrogens with zero attached hydrogens (tertiary/aromatic N) is 4. The summed E-state index contributed by atoms with van der Waals surface area (Å²) < 4.78 is 155. The van der Waals surface area contributed by atoms with Gasteiger partial charge in [-0.1, -0.05) is 36.4 Å². The lowest BCUT2D eigenvalue weighted by Crippen LogP contribution is -2.42. The largest absolute Gasteiger partial charge is 0.487 e. The maximum Gasteiger partial charge on any atom is 0.416 e. The van der Waals surface area contributed by atoms with Crippen LogP contribution in [-0.2, 0) is 68.0 Å². The van der Waals surface area contributed by atoms with E-state index < -0.39 is 67.5 Å². The van der Waals surface area contributed by atoms with Gasteiger partial charge in [0.15, 0.2) is 0 Å². The first kappa shape index (κ1) is 54.2. The van der Waals surface area contributed by atoms with E-state index in [0.29, 0.717) is 68.0 Å². The Morgan fingerprint density at radius 1 is 0.538 bits per heavy atom. The molecular formula is C54H42F6N4O12S2. The second-order valence-corrected chi connectivity index (χ2v) is 21.3. The number of fused-ring (bicyclic) bond motifs is 2. The number of carboxylic acid groups (broad SMARTS) is 2. The summed E-state index contributed by atoms with van der Waals surface area (Å²) in [5.41, 5.74) is 1.93. The highest BCUT2D eigenvalue weighted by molar-refractivity contribution is 7.93. The molecule has 0 saturated carbocycles. The first-order valence-electron chi connectivity index (χ1n) is 23.3. The van der Waals surface area contributed by atoms with Crippen molar-refractivity contribution in [1.29, 1.82) is 0 Å². The van der Waals surface area contributed by atoms with Gasteiger partial charge < -0.3 is 28.5 Å². The number of hydrogen-bond acceptors (Lipinski definition) is 12. The molecule has 16 nitrogen and oxygen atoms in total. The van der Waals surface area contributed by atoms with E-state index in [2.05, 4.69) is 9.97 Å². The van der Waals surface area contributed by atoms with Gasteiger partial charge in [-0.25, -0.2) is 36.4 Å². The molecule has 2 N–H and O–H groups in total. The van der Waals surface area contributed by atoms with E-state index in [9.17, 15) is 63.0 Å². The number of sulfonamides is 2. The zero-order chi connectivity index (χ0) is 55.9. The summed E-state index contributed by atoms with van der Waals surface area (Å²) in [5, 5.41) is 19.3. The number of oxazole rings is 2. The molecule has 404 valence electrons. The van der Waals surface area contributed by atoms with Crippen LogP contribution in [0.5, 0.6) is 11.5 Å². The topological polar surface area (TPSA) is 220 Å². The number of aromatic nitrogens is 2. The summed E-state index contributed by atoms with van der Waals surface area (Å²) in [4.78, 5) is 32.1. The van der Waals surface area contributed by atoms with Crippen molar-refractivity contribution in [3.05, 3.63) is 191 Å². The number of carboxylic acids is 2. The highest BCUT2D eigenvalue weighted by Gasteiger charge is 2.44. The number of aliphatic carboxylic acids is 2. The monoisotopic (exact) mass is 1120 g/mol. The summed E-state index contributed by atoms with van der Waals surface area (Å²) in [6, 6.07) is 30.7. The summed E-state index contributed by atoms with van der Waals surface area (Å²) >= 11 is 0. The van der Waals surface area contributed by atoms with Crippen LogP contribution in [-0.4, -0.2) is 61.0 Å². The Labute approximate surface area is 440 Å². The van der Waals surface area contributed by atoms with E-state index in [-0.39, 0.29) is 47.6 Å². The van der Waals surface area contributed by atoms with Crippen LogP contribution in [0.3, 0.4) is 0 Å². The molecule has 0 amide bonds. The van der Waals surface area contributed by atoms with Gasteiger partial charge in [-0.2, -0.15) is 26.3 Å². The maximum absolute atomic E-state index is 13.4. The number of ether oxygens (including phenoxy) is 2. The number of para-hydroxylation sites is 2. The molecule has 0 aliphatic carbocycles. The molecule has 0 bridgehead atoms.